The summed E-state index contributed by atoms with van der Waals surface area (Å²) in [7, 11) is 1.60. The summed E-state index contributed by atoms with van der Waals surface area (Å²) in [5, 5.41) is 10.4. The third-order valence-electron chi connectivity index (χ3n) is 6.21. The fourth-order valence-electron chi connectivity index (χ4n) is 4.33. The molecule has 0 spiro atoms. The molecule has 0 radical (unpaired) electrons. The first-order chi connectivity index (χ1) is 17.3. The highest BCUT2D eigenvalue weighted by atomic mass is 16.7. The summed E-state index contributed by atoms with van der Waals surface area (Å²) in [6.07, 6.45) is -2.04. The van der Waals surface area contributed by atoms with Crippen molar-refractivity contribution in [1.29, 1.82) is 0 Å². The molecule has 1 aliphatic heterocycles. The first-order valence-electron chi connectivity index (χ1n) is 12.0. The van der Waals surface area contributed by atoms with E-state index in [2.05, 4.69) is 0 Å². The zero-order valence-corrected chi connectivity index (χ0v) is 20.1. The van der Waals surface area contributed by atoms with Crippen LogP contribution < -0.4 is 0 Å². The lowest BCUT2D eigenvalue weighted by molar-refractivity contribution is -0.308. The Balaban J connectivity index is 1.48. The summed E-state index contributed by atoms with van der Waals surface area (Å²) >= 11 is 0. The van der Waals surface area contributed by atoms with E-state index in [1.807, 2.05) is 91.0 Å². The van der Waals surface area contributed by atoms with Crippen LogP contribution >= 0.6 is 0 Å². The van der Waals surface area contributed by atoms with E-state index in [-0.39, 0.29) is 12.5 Å². The Bertz CT molecular complexity index is 968. The third-order valence-corrected chi connectivity index (χ3v) is 6.21. The van der Waals surface area contributed by atoms with Gasteiger partial charge >= 0.3 is 0 Å². The minimum Gasteiger partial charge on any atom is -0.396 e. The van der Waals surface area contributed by atoms with Gasteiger partial charge in [-0.15, -0.1) is 0 Å². The molecule has 5 atom stereocenters. The Morgan fingerprint density at radius 1 is 0.686 bits per heavy atom. The van der Waals surface area contributed by atoms with Crippen molar-refractivity contribution in [2.24, 2.45) is 5.92 Å². The lowest BCUT2D eigenvalue weighted by Crippen LogP contribution is -2.59. The van der Waals surface area contributed by atoms with Crippen LogP contribution in [0.3, 0.4) is 0 Å². The molecule has 0 amide bonds. The van der Waals surface area contributed by atoms with Crippen LogP contribution in [0.1, 0.15) is 16.7 Å². The number of aliphatic hydroxyl groups is 1. The van der Waals surface area contributed by atoms with Gasteiger partial charge in [-0.05, 0) is 16.7 Å². The first kappa shape index (κ1) is 25.5. The molecule has 1 saturated heterocycles. The summed E-state index contributed by atoms with van der Waals surface area (Å²) < 4.78 is 30.6. The van der Waals surface area contributed by atoms with Gasteiger partial charge in [-0.3, -0.25) is 0 Å². The van der Waals surface area contributed by atoms with E-state index in [9.17, 15) is 5.11 Å². The van der Waals surface area contributed by atoms with Crippen LogP contribution in [-0.2, 0) is 43.5 Å². The van der Waals surface area contributed by atoms with Crippen molar-refractivity contribution in [1.82, 2.24) is 0 Å². The molecule has 35 heavy (non-hydrogen) atoms. The van der Waals surface area contributed by atoms with Crippen LogP contribution in [0.4, 0.5) is 0 Å². The molecule has 1 heterocycles. The van der Waals surface area contributed by atoms with Gasteiger partial charge in [0.15, 0.2) is 6.29 Å². The molecular weight excluding hydrogens is 444 g/mol. The average molecular weight is 479 g/mol. The Morgan fingerprint density at radius 2 is 1.17 bits per heavy atom. The van der Waals surface area contributed by atoms with Crippen LogP contribution in [0.2, 0.25) is 0 Å². The number of ether oxygens (including phenoxy) is 5. The molecule has 6 nitrogen and oxygen atoms in total. The van der Waals surface area contributed by atoms with Crippen molar-refractivity contribution >= 4 is 0 Å². The lowest BCUT2D eigenvalue weighted by atomic mass is 9.89. The van der Waals surface area contributed by atoms with E-state index >= 15 is 0 Å². The lowest BCUT2D eigenvalue weighted by Gasteiger charge is -2.45. The Labute approximate surface area is 207 Å². The molecular formula is C29H34O6. The van der Waals surface area contributed by atoms with Crippen LogP contribution in [0.5, 0.6) is 0 Å². The predicted octanol–water partition coefficient (Wildman–Crippen LogP) is 4.35. The summed E-state index contributed by atoms with van der Waals surface area (Å²) in [4.78, 5) is 0. The van der Waals surface area contributed by atoms with Crippen molar-refractivity contribution in [2.75, 3.05) is 20.3 Å². The SMILES string of the molecule is CO[C@H]1O[C@H](COCc2ccccc2)[C@H](CO)[C@H](OCc2ccccc2)[C@H]1OCc1ccccc1. The van der Waals surface area contributed by atoms with Crippen molar-refractivity contribution in [3.05, 3.63) is 108 Å². The third kappa shape index (κ3) is 7.21. The maximum atomic E-state index is 10.4. The normalized spacial score (nSPS) is 24.3. The van der Waals surface area contributed by atoms with Crippen molar-refractivity contribution in [3.63, 3.8) is 0 Å². The standard InChI is InChI=1S/C29H34O6/c1-31-29-28(34-20-24-15-9-4-10-16-24)27(33-19-23-13-7-3-8-14-23)25(17-30)26(35-29)21-32-18-22-11-5-2-6-12-22/h2-16,25-30H,17-21H2,1H3/t25-,26+,27-,28+,29-/m0/s1. The molecule has 0 aromatic heterocycles. The van der Waals surface area contributed by atoms with Crippen LogP contribution in [0.25, 0.3) is 0 Å². The van der Waals surface area contributed by atoms with Gasteiger partial charge in [-0.1, -0.05) is 91.0 Å². The summed E-state index contributed by atoms with van der Waals surface area (Å²) in [5.74, 6) is -0.346. The Kier molecular flexibility index (Phi) is 9.84. The van der Waals surface area contributed by atoms with E-state index in [1.165, 1.54) is 0 Å². The number of hydrogen-bond donors (Lipinski definition) is 1. The average Bonchev–Trinajstić information content (AvgIpc) is 2.92. The maximum Gasteiger partial charge on any atom is 0.186 e. The molecule has 0 saturated carbocycles. The second-order valence-corrected chi connectivity index (χ2v) is 8.65. The molecule has 6 heteroatoms. The van der Waals surface area contributed by atoms with Gasteiger partial charge in [0.2, 0.25) is 0 Å². The second kappa shape index (κ2) is 13.5. The molecule has 1 N–H and O–H groups in total. The number of methoxy groups -OCH3 is 1. The molecule has 0 aliphatic carbocycles. The number of benzene rings is 3. The molecule has 3 aromatic carbocycles. The largest absolute Gasteiger partial charge is 0.396 e. The number of rotatable bonds is 12. The van der Waals surface area contributed by atoms with Gasteiger partial charge in [-0.25, -0.2) is 0 Å². The maximum absolute atomic E-state index is 10.4. The molecule has 0 unspecified atom stereocenters. The minimum absolute atomic E-state index is 0.125. The van der Waals surface area contributed by atoms with Gasteiger partial charge in [0.25, 0.3) is 0 Å². The predicted molar refractivity (Wildman–Crippen MR) is 132 cm³/mol. The fraction of sp³-hybridized carbons (Fsp3) is 0.379. The highest BCUT2D eigenvalue weighted by molar-refractivity contribution is 5.15. The molecule has 186 valence electrons. The monoisotopic (exact) mass is 478 g/mol. The molecule has 1 fully saturated rings. The van der Waals surface area contributed by atoms with E-state index < -0.39 is 24.6 Å². The van der Waals surface area contributed by atoms with Crippen molar-refractivity contribution in [2.45, 2.75) is 44.4 Å². The zero-order chi connectivity index (χ0) is 24.3. The Hall–Kier alpha value is -2.58. The summed E-state index contributed by atoms with van der Waals surface area (Å²) in [6.45, 7) is 1.41. The highest BCUT2D eigenvalue weighted by Crippen LogP contribution is 2.32. The van der Waals surface area contributed by atoms with Gasteiger partial charge in [-0.2, -0.15) is 0 Å². The summed E-state index contributed by atoms with van der Waals surface area (Å²) in [6, 6.07) is 29.9. The van der Waals surface area contributed by atoms with Gasteiger partial charge in [0.1, 0.15) is 6.10 Å². The van der Waals surface area contributed by atoms with Crippen LogP contribution in [0, 0.1) is 5.92 Å². The molecule has 4 rings (SSSR count). The van der Waals surface area contributed by atoms with E-state index in [1.54, 1.807) is 7.11 Å². The van der Waals surface area contributed by atoms with Crippen molar-refractivity contribution < 1.29 is 28.8 Å². The second-order valence-electron chi connectivity index (χ2n) is 8.65. The number of hydrogen-bond acceptors (Lipinski definition) is 6. The quantitative estimate of drug-likeness (QED) is 0.417. The minimum atomic E-state index is -0.660. The smallest absolute Gasteiger partial charge is 0.186 e. The molecule has 3 aromatic rings. The van der Waals surface area contributed by atoms with Crippen molar-refractivity contribution in [3.8, 4) is 0 Å². The van der Waals surface area contributed by atoms with Gasteiger partial charge in [0.05, 0.1) is 45.2 Å². The van der Waals surface area contributed by atoms with E-state index in [0.29, 0.717) is 26.4 Å². The van der Waals surface area contributed by atoms with Gasteiger partial charge in [0, 0.05) is 13.0 Å². The van der Waals surface area contributed by atoms with Crippen LogP contribution in [0.15, 0.2) is 91.0 Å². The molecule has 1 aliphatic rings. The van der Waals surface area contributed by atoms with E-state index in [0.717, 1.165) is 16.7 Å². The van der Waals surface area contributed by atoms with Crippen LogP contribution in [-0.4, -0.2) is 50.0 Å². The topological polar surface area (TPSA) is 66.4 Å². The van der Waals surface area contributed by atoms with Gasteiger partial charge < -0.3 is 28.8 Å². The number of aliphatic hydroxyl groups excluding tert-OH is 1. The first-order valence-corrected chi connectivity index (χ1v) is 12.0. The highest BCUT2D eigenvalue weighted by Gasteiger charge is 2.47. The van der Waals surface area contributed by atoms with E-state index in [4.69, 9.17) is 23.7 Å². The zero-order valence-electron chi connectivity index (χ0n) is 20.1. The Morgan fingerprint density at radius 3 is 1.66 bits per heavy atom. The summed E-state index contributed by atoms with van der Waals surface area (Å²) in [5.41, 5.74) is 3.16. The molecule has 0 bridgehead atoms. The fourth-order valence-corrected chi connectivity index (χ4v) is 4.33.